The quantitative estimate of drug-likeness (QED) is 0.721. The van der Waals surface area contributed by atoms with Crippen molar-refractivity contribution in [3.05, 3.63) is 35.6 Å². The van der Waals surface area contributed by atoms with E-state index in [1.54, 1.807) is 13.8 Å². The summed E-state index contributed by atoms with van der Waals surface area (Å²) < 4.78 is 18.1. The van der Waals surface area contributed by atoms with Crippen LogP contribution in [0, 0.1) is 5.82 Å². The number of urea groups is 1. The Morgan fingerprint density at radius 1 is 1.36 bits per heavy atom. The highest BCUT2D eigenvalue weighted by Gasteiger charge is 2.51. The second kappa shape index (κ2) is 7.60. The van der Waals surface area contributed by atoms with Crippen LogP contribution in [-0.4, -0.2) is 49.0 Å². The number of nitrogens with one attached hydrogen (secondary N) is 2. The normalized spacial score (nSPS) is 21.2. The molecule has 1 fully saturated rings. The number of ether oxygens (including phenoxy) is 1. The van der Waals surface area contributed by atoms with E-state index in [-0.39, 0.29) is 19.0 Å². The van der Waals surface area contributed by atoms with Crippen molar-refractivity contribution in [3.8, 4) is 0 Å². The first-order valence-electron chi connectivity index (χ1n) is 8.02. The fourth-order valence-corrected chi connectivity index (χ4v) is 2.90. The van der Waals surface area contributed by atoms with Gasteiger partial charge in [0.05, 0.1) is 6.61 Å². The lowest BCUT2D eigenvalue weighted by Gasteiger charge is -2.25. The number of rotatable bonds is 7. The summed E-state index contributed by atoms with van der Waals surface area (Å²) in [4.78, 5) is 38.0. The molecule has 0 bridgehead atoms. The number of hydrogen-bond donors (Lipinski definition) is 2. The molecular formula is C17H22FN3O4. The van der Waals surface area contributed by atoms with Gasteiger partial charge in [0.2, 0.25) is 5.91 Å². The molecule has 1 saturated heterocycles. The number of carbonyl (C=O) groups is 3. The van der Waals surface area contributed by atoms with E-state index < -0.39 is 29.2 Å². The van der Waals surface area contributed by atoms with Crippen molar-refractivity contribution in [2.24, 2.45) is 0 Å². The molecule has 7 nitrogen and oxygen atoms in total. The minimum absolute atomic E-state index is 0.244. The van der Waals surface area contributed by atoms with E-state index in [0.717, 1.165) is 4.90 Å². The van der Waals surface area contributed by atoms with Crippen molar-refractivity contribution in [2.45, 2.75) is 31.8 Å². The van der Waals surface area contributed by atoms with Crippen molar-refractivity contribution in [1.29, 1.82) is 0 Å². The Bertz CT molecular complexity index is 664. The summed E-state index contributed by atoms with van der Waals surface area (Å²) >= 11 is 0. The number of imide groups is 1. The van der Waals surface area contributed by atoms with Crippen molar-refractivity contribution in [1.82, 2.24) is 15.5 Å². The summed E-state index contributed by atoms with van der Waals surface area (Å²) in [5, 5.41) is 5.30. The zero-order valence-corrected chi connectivity index (χ0v) is 14.5. The van der Waals surface area contributed by atoms with Crippen LogP contribution in [0.4, 0.5) is 9.18 Å². The van der Waals surface area contributed by atoms with Crippen molar-refractivity contribution < 1.29 is 23.5 Å². The number of hydrogen-bond acceptors (Lipinski definition) is 4. The van der Waals surface area contributed by atoms with Gasteiger partial charge in [-0.05, 0) is 31.0 Å². The molecule has 1 aliphatic rings. The molecule has 0 saturated carbocycles. The molecule has 4 amide bonds. The fraction of sp³-hybridized carbons (Fsp3) is 0.471. The van der Waals surface area contributed by atoms with Gasteiger partial charge in [-0.25, -0.2) is 9.18 Å². The molecule has 8 heteroatoms. The standard InChI is InChI=1S/C17H22FN3O4/c1-4-17(12-5-7-13(18)8-6-12)15(23)21(16(24)20-17)9-14(22)19-11(2)10-25-3/h5-8,11H,4,9-10H2,1-3H3,(H,19,22)(H,20,24)/t11-,17+/m0/s1. The minimum Gasteiger partial charge on any atom is -0.383 e. The second-order valence-corrected chi connectivity index (χ2v) is 6.01. The van der Waals surface area contributed by atoms with Crippen molar-refractivity contribution >= 4 is 17.8 Å². The van der Waals surface area contributed by atoms with Crippen LogP contribution >= 0.6 is 0 Å². The lowest BCUT2D eigenvalue weighted by Crippen LogP contribution is -2.46. The van der Waals surface area contributed by atoms with Gasteiger partial charge in [0.25, 0.3) is 5.91 Å². The first-order chi connectivity index (χ1) is 11.8. The Morgan fingerprint density at radius 3 is 2.56 bits per heavy atom. The molecule has 1 heterocycles. The van der Waals surface area contributed by atoms with E-state index in [2.05, 4.69) is 10.6 Å². The molecule has 2 rings (SSSR count). The third-order valence-electron chi connectivity index (χ3n) is 4.17. The van der Waals surface area contributed by atoms with Gasteiger partial charge in [0, 0.05) is 13.2 Å². The molecule has 1 aromatic carbocycles. The predicted molar refractivity (Wildman–Crippen MR) is 88.1 cm³/mol. The molecule has 0 aromatic heterocycles. The average Bonchev–Trinajstić information content (AvgIpc) is 2.80. The molecular weight excluding hydrogens is 329 g/mol. The SMILES string of the molecule is CC[C@]1(c2ccc(F)cc2)NC(=O)N(CC(=O)N[C@@H](C)COC)C1=O. The highest BCUT2D eigenvalue weighted by atomic mass is 19.1. The van der Waals surface area contributed by atoms with Gasteiger partial charge in [-0.2, -0.15) is 0 Å². The maximum absolute atomic E-state index is 13.2. The molecule has 136 valence electrons. The zero-order chi connectivity index (χ0) is 18.6. The number of benzene rings is 1. The maximum atomic E-state index is 13.2. The van der Waals surface area contributed by atoms with Gasteiger partial charge < -0.3 is 15.4 Å². The number of methoxy groups -OCH3 is 1. The lowest BCUT2D eigenvalue weighted by molar-refractivity contribution is -0.135. The molecule has 1 aromatic rings. The summed E-state index contributed by atoms with van der Waals surface area (Å²) in [5.74, 6) is -1.42. The summed E-state index contributed by atoms with van der Waals surface area (Å²) in [6.45, 7) is 3.43. The van der Waals surface area contributed by atoms with E-state index in [1.807, 2.05) is 0 Å². The number of nitrogens with zero attached hydrogens (tertiary/aromatic N) is 1. The van der Waals surface area contributed by atoms with Crippen LogP contribution in [0.25, 0.3) is 0 Å². The van der Waals surface area contributed by atoms with Gasteiger partial charge in [-0.15, -0.1) is 0 Å². The maximum Gasteiger partial charge on any atom is 0.325 e. The molecule has 2 N–H and O–H groups in total. The predicted octanol–water partition coefficient (Wildman–Crippen LogP) is 1.13. The number of carbonyl (C=O) groups excluding carboxylic acids is 3. The molecule has 1 aliphatic heterocycles. The zero-order valence-electron chi connectivity index (χ0n) is 14.5. The van der Waals surface area contributed by atoms with E-state index in [1.165, 1.54) is 31.4 Å². The van der Waals surface area contributed by atoms with Gasteiger partial charge in [-0.1, -0.05) is 19.1 Å². The Balaban J connectivity index is 2.17. The Hall–Kier alpha value is -2.48. The van der Waals surface area contributed by atoms with Gasteiger partial charge >= 0.3 is 6.03 Å². The minimum atomic E-state index is -1.29. The topological polar surface area (TPSA) is 87.7 Å². The third kappa shape index (κ3) is 3.79. The van der Waals surface area contributed by atoms with Crippen LogP contribution in [0.5, 0.6) is 0 Å². The Kier molecular flexibility index (Phi) is 5.73. The van der Waals surface area contributed by atoms with E-state index in [9.17, 15) is 18.8 Å². The van der Waals surface area contributed by atoms with Crippen LogP contribution in [0.3, 0.4) is 0 Å². The second-order valence-electron chi connectivity index (χ2n) is 6.01. The first kappa shape index (κ1) is 18.9. The monoisotopic (exact) mass is 351 g/mol. The molecule has 0 spiro atoms. The largest absolute Gasteiger partial charge is 0.383 e. The fourth-order valence-electron chi connectivity index (χ4n) is 2.90. The summed E-state index contributed by atoms with van der Waals surface area (Å²) in [7, 11) is 1.51. The molecule has 0 unspecified atom stereocenters. The van der Waals surface area contributed by atoms with Crippen molar-refractivity contribution in [2.75, 3.05) is 20.3 Å². The average molecular weight is 351 g/mol. The Labute approximate surface area is 145 Å². The summed E-state index contributed by atoms with van der Waals surface area (Å²) in [6.07, 6.45) is 0.279. The molecule has 25 heavy (non-hydrogen) atoms. The molecule has 0 aliphatic carbocycles. The van der Waals surface area contributed by atoms with Gasteiger partial charge in [-0.3, -0.25) is 14.5 Å². The summed E-state index contributed by atoms with van der Waals surface area (Å²) in [5.41, 5.74) is -0.811. The molecule has 2 atom stereocenters. The first-order valence-corrected chi connectivity index (χ1v) is 8.02. The van der Waals surface area contributed by atoms with E-state index in [4.69, 9.17) is 4.74 Å². The van der Waals surface area contributed by atoms with E-state index >= 15 is 0 Å². The number of amides is 4. The lowest BCUT2D eigenvalue weighted by atomic mass is 9.87. The summed E-state index contributed by atoms with van der Waals surface area (Å²) in [6, 6.07) is 4.49. The van der Waals surface area contributed by atoms with Gasteiger partial charge in [0.1, 0.15) is 17.9 Å². The van der Waals surface area contributed by atoms with Crippen molar-refractivity contribution in [3.63, 3.8) is 0 Å². The smallest absolute Gasteiger partial charge is 0.325 e. The van der Waals surface area contributed by atoms with Crippen LogP contribution in [0.2, 0.25) is 0 Å². The highest BCUT2D eigenvalue weighted by Crippen LogP contribution is 2.32. The number of halogens is 1. The Morgan fingerprint density at radius 2 is 2.00 bits per heavy atom. The molecule has 0 radical (unpaired) electrons. The van der Waals surface area contributed by atoms with Crippen LogP contribution in [0.1, 0.15) is 25.8 Å². The van der Waals surface area contributed by atoms with Gasteiger partial charge in [0.15, 0.2) is 0 Å². The highest BCUT2D eigenvalue weighted by molar-refractivity contribution is 6.09. The van der Waals surface area contributed by atoms with Crippen LogP contribution < -0.4 is 10.6 Å². The van der Waals surface area contributed by atoms with Crippen LogP contribution in [-0.2, 0) is 19.9 Å². The third-order valence-corrected chi connectivity index (χ3v) is 4.17. The van der Waals surface area contributed by atoms with E-state index in [0.29, 0.717) is 12.2 Å². The van der Waals surface area contributed by atoms with Crippen LogP contribution in [0.15, 0.2) is 24.3 Å².